The number of methoxy groups -OCH3 is 1. The van der Waals surface area contributed by atoms with Crippen LogP contribution in [0, 0.1) is 0 Å². The Bertz CT molecular complexity index is 1550. The molecule has 1 fully saturated rings. The highest BCUT2D eigenvalue weighted by atomic mass is 19.4. The molecule has 0 bridgehead atoms. The number of fused-ring (bicyclic) bond motifs is 1. The minimum Gasteiger partial charge on any atom is -0.494 e. The molecule has 0 saturated carbocycles. The van der Waals surface area contributed by atoms with E-state index in [1.54, 1.807) is 37.3 Å². The average Bonchev–Trinajstić information content (AvgIpc) is 3.61. The molecule has 45 heavy (non-hydrogen) atoms. The molecule has 11 nitrogen and oxygen atoms in total. The van der Waals surface area contributed by atoms with Crippen molar-refractivity contribution in [2.45, 2.75) is 32.0 Å². The minimum atomic E-state index is -4.81. The molecule has 1 saturated heterocycles. The van der Waals surface area contributed by atoms with Crippen molar-refractivity contribution in [3.05, 3.63) is 59.3 Å². The van der Waals surface area contributed by atoms with Crippen molar-refractivity contribution in [2.24, 2.45) is 0 Å². The zero-order valence-electron chi connectivity index (χ0n) is 24.8. The number of aromatic nitrogens is 2. The number of urea groups is 1. The summed E-state index contributed by atoms with van der Waals surface area (Å²) in [7, 11) is 1.40. The largest absolute Gasteiger partial charge is 0.494 e. The fourth-order valence-electron chi connectivity index (χ4n) is 5.51. The molecule has 4 N–H and O–H groups in total. The van der Waals surface area contributed by atoms with Gasteiger partial charge in [0.1, 0.15) is 23.8 Å². The van der Waals surface area contributed by atoms with Gasteiger partial charge in [-0.2, -0.15) is 18.2 Å². The summed E-state index contributed by atoms with van der Waals surface area (Å²) in [4.78, 5) is 37.0. The second-order valence-corrected chi connectivity index (χ2v) is 10.7. The number of halogens is 4. The van der Waals surface area contributed by atoms with E-state index in [1.165, 1.54) is 30.9 Å². The Morgan fingerprint density at radius 1 is 1.09 bits per heavy atom. The van der Waals surface area contributed by atoms with Gasteiger partial charge in [0.2, 0.25) is 5.95 Å². The number of alkyl halides is 4. The van der Waals surface area contributed by atoms with Gasteiger partial charge >= 0.3 is 12.2 Å². The standard InChI is InChI=1S/C30H34F4N8O3/c1-18-20-6-5-7-23(25(20)27(43)42(18)14-10-31)38-26-21(30(32,33)34)17-36-28(40-26)39-22-9-8-19(16-24(22)45-2)37-29(44)35-11-15-41-12-3-4-13-41/h5-9,16-18H,3-4,10-15H2,1-2H3,(H2,35,37,44)(H2,36,38,39,40). The Balaban J connectivity index is 1.34. The van der Waals surface area contributed by atoms with Crippen molar-refractivity contribution in [1.29, 1.82) is 0 Å². The van der Waals surface area contributed by atoms with Crippen LogP contribution in [0.3, 0.4) is 0 Å². The number of carbonyl (C=O) groups excluding carboxylic acids is 2. The van der Waals surface area contributed by atoms with Crippen molar-refractivity contribution in [2.75, 3.05) is 62.5 Å². The number of hydrogen-bond donors (Lipinski definition) is 4. The van der Waals surface area contributed by atoms with E-state index in [9.17, 15) is 27.2 Å². The SMILES string of the molecule is COc1cc(NC(=O)NCCN2CCCC2)ccc1Nc1ncc(C(F)(F)F)c(Nc2cccc3c2C(=O)N(CCF)C3C)n1. The summed E-state index contributed by atoms with van der Waals surface area (Å²) in [5, 5.41) is 11.1. The summed E-state index contributed by atoms with van der Waals surface area (Å²) in [5.41, 5.74) is 0.447. The van der Waals surface area contributed by atoms with Crippen LogP contribution < -0.4 is 26.0 Å². The molecule has 0 radical (unpaired) electrons. The van der Waals surface area contributed by atoms with Crippen molar-refractivity contribution in [1.82, 2.24) is 25.1 Å². The fraction of sp³-hybridized carbons (Fsp3) is 0.400. The number of carbonyl (C=O) groups is 2. The zero-order chi connectivity index (χ0) is 32.1. The number of benzene rings is 2. The van der Waals surface area contributed by atoms with Gasteiger partial charge in [-0.1, -0.05) is 12.1 Å². The molecular formula is C30H34F4N8O3. The Morgan fingerprint density at radius 3 is 2.58 bits per heavy atom. The number of hydrogen-bond acceptors (Lipinski definition) is 8. The predicted molar refractivity (Wildman–Crippen MR) is 161 cm³/mol. The van der Waals surface area contributed by atoms with Crippen LogP contribution in [0.4, 0.5) is 51.2 Å². The lowest BCUT2D eigenvalue weighted by molar-refractivity contribution is -0.137. The molecule has 2 aliphatic heterocycles. The van der Waals surface area contributed by atoms with Gasteiger partial charge in [0, 0.05) is 37.6 Å². The van der Waals surface area contributed by atoms with E-state index in [1.807, 2.05) is 0 Å². The van der Waals surface area contributed by atoms with E-state index >= 15 is 0 Å². The van der Waals surface area contributed by atoms with Crippen LogP contribution in [0.15, 0.2) is 42.6 Å². The molecule has 5 rings (SSSR count). The van der Waals surface area contributed by atoms with E-state index in [0.29, 0.717) is 29.7 Å². The summed E-state index contributed by atoms with van der Waals surface area (Å²) in [5.74, 6) is -0.981. The molecule has 0 aliphatic carbocycles. The first kappa shape index (κ1) is 31.8. The van der Waals surface area contributed by atoms with Crippen LogP contribution in [-0.4, -0.2) is 78.2 Å². The monoisotopic (exact) mass is 630 g/mol. The van der Waals surface area contributed by atoms with Gasteiger partial charge in [0.25, 0.3) is 5.91 Å². The summed E-state index contributed by atoms with van der Waals surface area (Å²) < 4.78 is 60.5. The number of likely N-dealkylation sites (tertiary alicyclic amines) is 1. The highest BCUT2D eigenvalue weighted by Gasteiger charge is 2.38. The van der Waals surface area contributed by atoms with Gasteiger partial charge in [0.05, 0.1) is 30.1 Å². The zero-order valence-corrected chi connectivity index (χ0v) is 24.8. The van der Waals surface area contributed by atoms with Gasteiger partial charge in [-0.15, -0.1) is 0 Å². The quantitative estimate of drug-likeness (QED) is 0.199. The Hall–Kier alpha value is -4.66. The maximum absolute atomic E-state index is 14.0. The number of anilines is 5. The molecule has 3 heterocycles. The molecule has 3 amide bonds. The van der Waals surface area contributed by atoms with Crippen LogP contribution in [0.1, 0.15) is 47.3 Å². The number of amides is 3. The number of rotatable bonds is 11. The molecule has 1 atom stereocenters. The predicted octanol–water partition coefficient (Wildman–Crippen LogP) is 5.69. The Kier molecular flexibility index (Phi) is 9.56. The molecule has 1 aromatic heterocycles. The third-order valence-corrected chi connectivity index (χ3v) is 7.78. The van der Waals surface area contributed by atoms with Crippen molar-refractivity contribution >= 4 is 40.8 Å². The third-order valence-electron chi connectivity index (χ3n) is 7.78. The lowest BCUT2D eigenvalue weighted by Crippen LogP contribution is -2.35. The van der Waals surface area contributed by atoms with Crippen LogP contribution in [0.25, 0.3) is 0 Å². The Labute approximate surface area is 257 Å². The molecule has 1 unspecified atom stereocenters. The van der Waals surface area contributed by atoms with E-state index < -0.39 is 36.2 Å². The van der Waals surface area contributed by atoms with Crippen LogP contribution >= 0.6 is 0 Å². The number of nitrogens with one attached hydrogen (secondary N) is 4. The van der Waals surface area contributed by atoms with Crippen LogP contribution in [-0.2, 0) is 6.18 Å². The number of nitrogens with zero attached hydrogens (tertiary/aromatic N) is 4. The molecular weight excluding hydrogens is 596 g/mol. The first-order chi connectivity index (χ1) is 21.6. The van der Waals surface area contributed by atoms with E-state index in [0.717, 1.165) is 19.6 Å². The smallest absolute Gasteiger partial charge is 0.421 e. The normalized spacial score (nSPS) is 16.4. The maximum atomic E-state index is 14.0. The second-order valence-electron chi connectivity index (χ2n) is 10.7. The van der Waals surface area contributed by atoms with Crippen LogP contribution in [0.5, 0.6) is 5.75 Å². The summed E-state index contributed by atoms with van der Waals surface area (Å²) >= 11 is 0. The first-order valence-electron chi connectivity index (χ1n) is 14.5. The average molecular weight is 631 g/mol. The van der Waals surface area contributed by atoms with Gasteiger partial charge in [-0.25, -0.2) is 14.2 Å². The van der Waals surface area contributed by atoms with Gasteiger partial charge in [0.15, 0.2) is 0 Å². The first-order valence-corrected chi connectivity index (χ1v) is 14.5. The molecule has 0 spiro atoms. The van der Waals surface area contributed by atoms with Crippen molar-refractivity contribution < 1.29 is 31.9 Å². The van der Waals surface area contributed by atoms with E-state index in [2.05, 4.69) is 36.1 Å². The van der Waals surface area contributed by atoms with Crippen molar-refractivity contribution in [3.8, 4) is 5.75 Å². The van der Waals surface area contributed by atoms with Crippen LogP contribution in [0.2, 0.25) is 0 Å². The lowest BCUT2D eigenvalue weighted by atomic mass is 10.0. The maximum Gasteiger partial charge on any atom is 0.421 e. The summed E-state index contributed by atoms with van der Waals surface area (Å²) in [6, 6.07) is 8.64. The molecule has 3 aromatic rings. The number of ether oxygens (including phenoxy) is 1. The fourth-order valence-corrected chi connectivity index (χ4v) is 5.51. The third kappa shape index (κ3) is 7.19. The highest BCUT2D eigenvalue weighted by Crippen LogP contribution is 2.41. The topological polar surface area (TPSA) is 124 Å². The second kappa shape index (κ2) is 13.5. The molecule has 2 aliphatic rings. The van der Waals surface area contributed by atoms with Crippen molar-refractivity contribution in [3.63, 3.8) is 0 Å². The molecule has 15 heteroatoms. The molecule has 2 aromatic carbocycles. The summed E-state index contributed by atoms with van der Waals surface area (Å²) in [6.07, 6.45) is -1.84. The van der Waals surface area contributed by atoms with Gasteiger partial charge < -0.3 is 35.8 Å². The molecule has 240 valence electrons. The minimum absolute atomic E-state index is 0.104. The van der Waals surface area contributed by atoms with Gasteiger partial charge in [-0.3, -0.25) is 4.79 Å². The Morgan fingerprint density at radius 2 is 1.87 bits per heavy atom. The van der Waals surface area contributed by atoms with Gasteiger partial charge in [-0.05, 0) is 56.6 Å². The van der Waals surface area contributed by atoms with E-state index in [-0.39, 0.29) is 35.5 Å². The highest BCUT2D eigenvalue weighted by molar-refractivity contribution is 6.04. The lowest BCUT2D eigenvalue weighted by Gasteiger charge is -2.20. The summed E-state index contributed by atoms with van der Waals surface area (Å²) in [6.45, 7) is 4.17. The van der Waals surface area contributed by atoms with E-state index in [4.69, 9.17) is 4.74 Å².